The molecule has 1 aliphatic heterocycles. The second-order valence-electron chi connectivity index (χ2n) is 4.40. The van der Waals surface area contributed by atoms with Crippen molar-refractivity contribution in [3.8, 4) is 0 Å². The van der Waals surface area contributed by atoms with Gasteiger partial charge >= 0.3 is 0 Å². The van der Waals surface area contributed by atoms with E-state index in [9.17, 15) is 0 Å². The molecule has 15 heavy (non-hydrogen) atoms. The zero-order valence-electron chi connectivity index (χ0n) is 9.19. The predicted octanol–water partition coefficient (Wildman–Crippen LogP) is 2.34. The molecule has 2 nitrogen and oxygen atoms in total. The van der Waals surface area contributed by atoms with Crippen LogP contribution in [0.1, 0.15) is 19.4 Å². The van der Waals surface area contributed by atoms with Gasteiger partial charge in [-0.05, 0) is 19.4 Å². The molecule has 0 spiro atoms. The van der Waals surface area contributed by atoms with Crippen LogP contribution in [-0.2, 0) is 9.67 Å². The second-order valence-corrected chi connectivity index (χ2v) is 5.67. The quantitative estimate of drug-likeness (QED) is 0.836. The van der Waals surface area contributed by atoms with Gasteiger partial charge in [0, 0.05) is 5.75 Å². The fourth-order valence-electron chi connectivity index (χ4n) is 1.98. The van der Waals surface area contributed by atoms with Crippen LogP contribution in [0.15, 0.2) is 30.3 Å². The third-order valence-corrected chi connectivity index (χ3v) is 4.35. The van der Waals surface area contributed by atoms with Crippen LogP contribution in [-0.4, -0.2) is 17.9 Å². The maximum Gasteiger partial charge on any atom is 0.156 e. The highest BCUT2D eigenvalue weighted by atomic mass is 32.2. The van der Waals surface area contributed by atoms with Crippen LogP contribution in [0.25, 0.3) is 0 Å². The zero-order chi connectivity index (χ0) is 10.9. The summed E-state index contributed by atoms with van der Waals surface area (Å²) in [6.07, 6.45) is 0. The summed E-state index contributed by atoms with van der Waals surface area (Å²) in [5, 5.41) is 0. The van der Waals surface area contributed by atoms with E-state index >= 15 is 0 Å². The van der Waals surface area contributed by atoms with Crippen LogP contribution in [0.3, 0.4) is 0 Å². The van der Waals surface area contributed by atoms with Crippen molar-refractivity contribution >= 4 is 11.8 Å². The lowest BCUT2D eigenvalue weighted by molar-refractivity contribution is 0.000137. The van der Waals surface area contributed by atoms with E-state index in [2.05, 4.69) is 12.1 Å². The minimum absolute atomic E-state index is 0.379. The molecule has 2 N–H and O–H groups in total. The van der Waals surface area contributed by atoms with Crippen LogP contribution in [0, 0.1) is 0 Å². The maximum absolute atomic E-state index is 6.26. The molecule has 0 aromatic heterocycles. The molecule has 2 rings (SSSR count). The third kappa shape index (κ3) is 1.80. The van der Waals surface area contributed by atoms with E-state index in [1.54, 1.807) is 11.8 Å². The van der Waals surface area contributed by atoms with Crippen molar-refractivity contribution in [2.45, 2.75) is 24.3 Å². The SMILES string of the molecule is CC(C)(N)C1(c2ccccc2)OCCS1. The van der Waals surface area contributed by atoms with Gasteiger partial charge in [-0.3, -0.25) is 0 Å². The number of hydrogen-bond acceptors (Lipinski definition) is 3. The Kier molecular flexibility index (Phi) is 2.79. The zero-order valence-corrected chi connectivity index (χ0v) is 10.0. The van der Waals surface area contributed by atoms with Gasteiger partial charge in [0.2, 0.25) is 0 Å². The summed E-state index contributed by atoms with van der Waals surface area (Å²) in [7, 11) is 0. The first-order chi connectivity index (χ1) is 7.06. The molecule has 1 unspecified atom stereocenters. The summed E-state index contributed by atoms with van der Waals surface area (Å²) >= 11 is 1.80. The number of nitrogens with two attached hydrogens (primary N) is 1. The molecule has 1 aromatic carbocycles. The lowest BCUT2D eigenvalue weighted by Gasteiger charge is -2.40. The van der Waals surface area contributed by atoms with Crippen molar-refractivity contribution in [1.29, 1.82) is 0 Å². The average molecular weight is 223 g/mol. The van der Waals surface area contributed by atoms with E-state index in [0.29, 0.717) is 0 Å². The van der Waals surface area contributed by atoms with Gasteiger partial charge in [-0.2, -0.15) is 0 Å². The number of thioether (sulfide) groups is 1. The second kappa shape index (κ2) is 3.81. The molecule has 0 saturated carbocycles. The summed E-state index contributed by atoms with van der Waals surface area (Å²) in [6, 6.07) is 10.3. The molecule has 0 amide bonds. The highest BCUT2D eigenvalue weighted by Gasteiger charge is 2.48. The Balaban J connectivity index is 2.44. The summed E-state index contributed by atoms with van der Waals surface area (Å²) in [5.74, 6) is 1.01. The first-order valence-corrected chi connectivity index (χ1v) is 6.17. The van der Waals surface area contributed by atoms with Gasteiger partial charge in [0.25, 0.3) is 0 Å². The largest absolute Gasteiger partial charge is 0.357 e. The molecule has 82 valence electrons. The van der Waals surface area contributed by atoms with Gasteiger partial charge in [0.15, 0.2) is 4.93 Å². The van der Waals surface area contributed by atoms with E-state index in [4.69, 9.17) is 10.5 Å². The number of hydrogen-bond donors (Lipinski definition) is 1. The van der Waals surface area contributed by atoms with Crippen LogP contribution in [0.2, 0.25) is 0 Å². The van der Waals surface area contributed by atoms with Crippen molar-refractivity contribution in [3.63, 3.8) is 0 Å². The van der Waals surface area contributed by atoms with E-state index < -0.39 is 0 Å². The third-order valence-electron chi connectivity index (χ3n) is 2.70. The van der Waals surface area contributed by atoms with Crippen molar-refractivity contribution in [2.75, 3.05) is 12.4 Å². The topological polar surface area (TPSA) is 35.2 Å². The van der Waals surface area contributed by atoms with Gasteiger partial charge < -0.3 is 10.5 Å². The Bertz CT molecular complexity index is 325. The van der Waals surface area contributed by atoms with Crippen LogP contribution in [0.5, 0.6) is 0 Å². The van der Waals surface area contributed by atoms with Gasteiger partial charge in [-0.15, -0.1) is 11.8 Å². The number of benzene rings is 1. The van der Waals surface area contributed by atoms with Crippen molar-refractivity contribution in [3.05, 3.63) is 35.9 Å². The monoisotopic (exact) mass is 223 g/mol. The molecule has 0 bridgehead atoms. The van der Waals surface area contributed by atoms with Gasteiger partial charge in [-0.25, -0.2) is 0 Å². The lowest BCUT2D eigenvalue weighted by Crippen LogP contribution is -2.51. The molecular weight excluding hydrogens is 206 g/mol. The Morgan fingerprint density at radius 3 is 2.47 bits per heavy atom. The first kappa shape index (κ1) is 11.0. The molecule has 1 aromatic rings. The van der Waals surface area contributed by atoms with Gasteiger partial charge in [0.1, 0.15) is 0 Å². The van der Waals surface area contributed by atoms with E-state index in [0.717, 1.165) is 12.4 Å². The van der Waals surface area contributed by atoms with Crippen LogP contribution >= 0.6 is 11.8 Å². The summed E-state index contributed by atoms with van der Waals surface area (Å²) < 4.78 is 5.93. The van der Waals surface area contributed by atoms with Crippen molar-refractivity contribution in [2.24, 2.45) is 5.73 Å². The fourth-order valence-corrected chi connectivity index (χ4v) is 3.28. The highest BCUT2D eigenvalue weighted by Crippen LogP contribution is 2.48. The van der Waals surface area contributed by atoms with E-state index in [-0.39, 0.29) is 10.5 Å². The van der Waals surface area contributed by atoms with Crippen molar-refractivity contribution in [1.82, 2.24) is 0 Å². The van der Waals surface area contributed by atoms with E-state index in [1.807, 2.05) is 32.0 Å². The maximum atomic E-state index is 6.26. The number of rotatable bonds is 2. The predicted molar refractivity (Wildman–Crippen MR) is 64.8 cm³/mol. The standard InChI is InChI=1S/C12H17NOS/c1-11(2,13)12(14-8-9-15-12)10-6-4-3-5-7-10/h3-7H,8-9,13H2,1-2H3. The normalized spacial score (nSPS) is 26.9. The average Bonchev–Trinajstić information content (AvgIpc) is 2.68. The molecule has 1 saturated heterocycles. The molecule has 0 radical (unpaired) electrons. The first-order valence-electron chi connectivity index (χ1n) is 5.18. The minimum Gasteiger partial charge on any atom is -0.357 e. The highest BCUT2D eigenvalue weighted by molar-refractivity contribution is 8.00. The Morgan fingerprint density at radius 1 is 1.33 bits per heavy atom. The molecule has 1 heterocycles. The summed E-state index contributed by atoms with van der Waals surface area (Å²) in [4.78, 5) is -0.381. The molecule has 1 fully saturated rings. The van der Waals surface area contributed by atoms with Gasteiger partial charge in [-0.1, -0.05) is 30.3 Å². The van der Waals surface area contributed by atoms with E-state index in [1.165, 1.54) is 5.56 Å². The van der Waals surface area contributed by atoms with Crippen LogP contribution < -0.4 is 5.73 Å². The Hall–Kier alpha value is -0.510. The molecule has 0 aliphatic carbocycles. The molecule has 1 atom stereocenters. The summed E-state index contributed by atoms with van der Waals surface area (Å²) in [5.41, 5.74) is 7.05. The smallest absolute Gasteiger partial charge is 0.156 e. The van der Waals surface area contributed by atoms with Crippen molar-refractivity contribution < 1.29 is 4.74 Å². The minimum atomic E-state index is -0.381. The molecule has 1 aliphatic rings. The lowest BCUT2D eigenvalue weighted by atomic mass is 9.91. The van der Waals surface area contributed by atoms with Crippen LogP contribution in [0.4, 0.5) is 0 Å². The fraction of sp³-hybridized carbons (Fsp3) is 0.500. The number of ether oxygens (including phenoxy) is 1. The molecular formula is C12H17NOS. The Labute approximate surface area is 95.2 Å². The molecule has 3 heteroatoms. The Morgan fingerprint density at radius 2 is 2.00 bits per heavy atom. The van der Waals surface area contributed by atoms with Gasteiger partial charge in [0.05, 0.1) is 12.1 Å². The summed E-state index contributed by atoms with van der Waals surface area (Å²) in [6.45, 7) is 4.83.